The Kier molecular flexibility index (Phi) is 4.57. The third kappa shape index (κ3) is 3.34. The Morgan fingerprint density at radius 1 is 1.15 bits per heavy atom. The molecule has 26 heavy (non-hydrogen) atoms. The van der Waals surface area contributed by atoms with Gasteiger partial charge in [-0.25, -0.2) is 13.6 Å². The topological polar surface area (TPSA) is 77.8 Å². The molecule has 0 saturated carbocycles. The SMILES string of the molecule is COc1ccc(Cn2cc(OC(=O)O)c(=O)c3cc(F)ccc32)cc1F. The van der Waals surface area contributed by atoms with Crippen LogP contribution in [0.2, 0.25) is 0 Å². The van der Waals surface area contributed by atoms with E-state index in [0.717, 1.165) is 6.07 Å². The van der Waals surface area contributed by atoms with Crippen LogP contribution in [0.25, 0.3) is 10.9 Å². The highest BCUT2D eigenvalue weighted by Gasteiger charge is 2.14. The summed E-state index contributed by atoms with van der Waals surface area (Å²) in [7, 11) is 1.34. The van der Waals surface area contributed by atoms with Crippen molar-refractivity contribution in [2.24, 2.45) is 0 Å². The third-order valence-corrected chi connectivity index (χ3v) is 3.78. The van der Waals surface area contributed by atoms with Gasteiger partial charge in [0.2, 0.25) is 5.43 Å². The smallest absolute Gasteiger partial charge is 0.494 e. The van der Waals surface area contributed by atoms with E-state index in [1.807, 2.05) is 0 Å². The molecule has 6 nitrogen and oxygen atoms in total. The first-order valence-electron chi connectivity index (χ1n) is 7.45. The fourth-order valence-electron chi connectivity index (χ4n) is 2.65. The van der Waals surface area contributed by atoms with E-state index in [9.17, 15) is 18.4 Å². The summed E-state index contributed by atoms with van der Waals surface area (Å²) in [5, 5.41) is 8.74. The van der Waals surface area contributed by atoms with Crippen LogP contribution in [-0.2, 0) is 6.54 Å². The molecule has 0 atom stereocenters. The number of carbonyl (C=O) groups is 1. The molecule has 0 aliphatic carbocycles. The molecule has 1 heterocycles. The van der Waals surface area contributed by atoms with E-state index in [2.05, 4.69) is 4.74 Å². The van der Waals surface area contributed by atoms with E-state index in [-0.39, 0.29) is 17.7 Å². The second-order valence-electron chi connectivity index (χ2n) is 5.45. The summed E-state index contributed by atoms with van der Waals surface area (Å²) in [5.41, 5.74) is 0.128. The molecule has 134 valence electrons. The maximum absolute atomic E-state index is 13.9. The molecular weight excluding hydrogens is 348 g/mol. The lowest BCUT2D eigenvalue weighted by atomic mass is 10.1. The van der Waals surface area contributed by atoms with Crippen LogP contribution in [0.5, 0.6) is 11.5 Å². The summed E-state index contributed by atoms with van der Waals surface area (Å²) in [5.74, 6) is -1.60. The van der Waals surface area contributed by atoms with Gasteiger partial charge in [-0.3, -0.25) is 4.79 Å². The van der Waals surface area contributed by atoms with Crippen molar-refractivity contribution < 1.29 is 28.2 Å². The maximum atomic E-state index is 13.9. The van der Waals surface area contributed by atoms with E-state index in [0.29, 0.717) is 11.1 Å². The van der Waals surface area contributed by atoms with Crippen LogP contribution in [-0.4, -0.2) is 22.9 Å². The summed E-state index contributed by atoms with van der Waals surface area (Å²) in [4.78, 5) is 23.1. The molecular formula is C18H13F2NO5. The molecule has 1 N–H and O–H groups in total. The average molecular weight is 361 g/mol. The average Bonchev–Trinajstić information content (AvgIpc) is 2.58. The summed E-state index contributed by atoms with van der Waals surface area (Å²) in [6.07, 6.45) is -0.473. The lowest BCUT2D eigenvalue weighted by Gasteiger charge is -2.13. The van der Waals surface area contributed by atoms with Gasteiger partial charge in [0.1, 0.15) is 5.82 Å². The lowest BCUT2D eigenvalue weighted by Crippen LogP contribution is -2.17. The van der Waals surface area contributed by atoms with Crippen LogP contribution in [0.3, 0.4) is 0 Å². The number of aromatic nitrogens is 1. The Balaban J connectivity index is 2.15. The van der Waals surface area contributed by atoms with Gasteiger partial charge >= 0.3 is 6.16 Å². The first-order chi connectivity index (χ1) is 12.4. The van der Waals surface area contributed by atoms with E-state index in [4.69, 9.17) is 9.84 Å². The third-order valence-electron chi connectivity index (χ3n) is 3.78. The fraction of sp³-hybridized carbons (Fsp3) is 0.111. The van der Waals surface area contributed by atoms with Gasteiger partial charge < -0.3 is 19.1 Å². The number of carboxylic acid groups (broad SMARTS) is 1. The van der Waals surface area contributed by atoms with Crippen molar-refractivity contribution in [2.75, 3.05) is 7.11 Å². The molecule has 0 amide bonds. The molecule has 0 unspecified atom stereocenters. The van der Waals surface area contributed by atoms with Gasteiger partial charge in [-0.2, -0.15) is 0 Å². The number of hydrogen-bond donors (Lipinski definition) is 1. The van der Waals surface area contributed by atoms with Crippen molar-refractivity contribution in [3.8, 4) is 11.5 Å². The van der Waals surface area contributed by atoms with Crippen LogP contribution in [0, 0.1) is 11.6 Å². The number of fused-ring (bicyclic) bond motifs is 1. The fourth-order valence-corrected chi connectivity index (χ4v) is 2.65. The van der Waals surface area contributed by atoms with Crippen molar-refractivity contribution in [2.45, 2.75) is 6.54 Å². The molecule has 0 radical (unpaired) electrons. The summed E-state index contributed by atoms with van der Waals surface area (Å²) in [6.45, 7) is 0.0965. The molecule has 0 fully saturated rings. The maximum Gasteiger partial charge on any atom is 0.511 e. The first kappa shape index (κ1) is 17.4. The zero-order chi connectivity index (χ0) is 18.8. The Morgan fingerprint density at radius 3 is 2.58 bits per heavy atom. The van der Waals surface area contributed by atoms with E-state index in [1.54, 1.807) is 6.07 Å². The van der Waals surface area contributed by atoms with Gasteiger partial charge in [0, 0.05) is 6.54 Å². The standard InChI is InChI=1S/C18H13F2NO5/c1-25-15-5-2-10(6-13(15)20)8-21-9-16(26-18(23)24)17(22)12-7-11(19)3-4-14(12)21/h2-7,9H,8H2,1H3,(H,23,24). The van der Waals surface area contributed by atoms with Crippen LogP contribution in [0.4, 0.5) is 13.6 Å². The van der Waals surface area contributed by atoms with Crippen molar-refractivity contribution in [3.63, 3.8) is 0 Å². The van der Waals surface area contributed by atoms with E-state index in [1.165, 1.54) is 42.1 Å². The van der Waals surface area contributed by atoms with Crippen molar-refractivity contribution >= 4 is 17.1 Å². The monoisotopic (exact) mass is 361 g/mol. The molecule has 0 bridgehead atoms. The molecule has 0 aliphatic heterocycles. The van der Waals surface area contributed by atoms with Crippen molar-refractivity contribution in [1.82, 2.24) is 4.57 Å². The number of rotatable bonds is 4. The van der Waals surface area contributed by atoms with Gasteiger partial charge in [-0.05, 0) is 35.9 Å². The number of nitrogens with zero attached hydrogens (tertiary/aromatic N) is 1. The highest BCUT2D eigenvalue weighted by molar-refractivity contribution is 5.81. The number of ether oxygens (including phenoxy) is 2. The highest BCUT2D eigenvalue weighted by Crippen LogP contribution is 2.21. The Bertz CT molecular complexity index is 1060. The molecule has 0 saturated heterocycles. The molecule has 2 aromatic carbocycles. The first-order valence-corrected chi connectivity index (χ1v) is 7.45. The molecule has 0 aliphatic rings. The number of halogens is 2. The van der Waals surface area contributed by atoms with Gasteiger partial charge in [-0.15, -0.1) is 0 Å². The minimum Gasteiger partial charge on any atom is -0.494 e. The minimum atomic E-state index is -1.67. The zero-order valence-corrected chi connectivity index (χ0v) is 13.5. The van der Waals surface area contributed by atoms with Crippen LogP contribution >= 0.6 is 0 Å². The molecule has 8 heteroatoms. The van der Waals surface area contributed by atoms with Gasteiger partial charge in [0.25, 0.3) is 0 Å². The largest absolute Gasteiger partial charge is 0.511 e. The number of methoxy groups -OCH3 is 1. The minimum absolute atomic E-state index is 0.0438. The zero-order valence-electron chi connectivity index (χ0n) is 13.5. The van der Waals surface area contributed by atoms with E-state index >= 15 is 0 Å². The summed E-state index contributed by atoms with van der Waals surface area (Å²) >= 11 is 0. The highest BCUT2D eigenvalue weighted by atomic mass is 19.1. The molecule has 3 aromatic rings. The molecule has 0 spiro atoms. The van der Waals surface area contributed by atoms with Gasteiger partial charge in [-0.1, -0.05) is 6.07 Å². The lowest BCUT2D eigenvalue weighted by molar-refractivity contribution is 0.144. The Labute approximate surface area is 145 Å². The second-order valence-corrected chi connectivity index (χ2v) is 5.45. The number of hydrogen-bond acceptors (Lipinski definition) is 4. The Morgan fingerprint density at radius 2 is 1.92 bits per heavy atom. The van der Waals surface area contributed by atoms with Crippen LogP contribution in [0.1, 0.15) is 5.56 Å². The van der Waals surface area contributed by atoms with Crippen molar-refractivity contribution in [1.29, 1.82) is 0 Å². The van der Waals surface area contributed by atoms with Crippen LogP contribution in [0.15, 0.2) is 47.4 Å². The number of benzene rings is 2. The van der Waals surface area contributed by atoms with E-state index < -0.39 is 29.0 Å². The number of pyridine rings is 1. The normalized spacial score (nSPS) is 10.7. The summed E-state index contributed by atoms with van der Waals surface area (Å²) in [6, 6.07) is 7.87. The van der Waals surface area contributed by atoms with Gasteiger partial charge in [0.15, 0.2) is 17.3 Å². The predicted octanol–water partition coefficient (Wildman–Crippen LogP) is 3.39. The van der Waals surface area contributed by atoms with Gasteiger partial charge in [0.05, 0.1) is 24.2 Å². The quantitative estimate of drug-likeness (QED) is 0.721. The van der Waals surface area contributed by atoms with Crippen molar-refractivity contribution in [3.05, 3.63) is 70.0 Å². The predicted molar refractivity (Wildman–Crippen MR) is 88.9 cm³/mol. The summed E-state index contributed by atoms with van der Waals surface area (Å²) < 4.78 is 38.3. The molecule has 3 rings (SSSR count). The Hall–Kier alpha value is -3.42. The second kappa shape index (κ2) is 6.83. The molecule has 1 aromatic heterocycles. The van der Waals surface area contributed by atoms with Crippen LogP contribution < -0.4 is 14.9 Å².